The number of hydrogen-bond acceptors (Lipinski definition) is 2. The number of fused-ring (bicyclic) bond motifs is 1. The molecule has 0 spiro atoms. The number of halogens is 1. The lowest BCUT2D eigenvalue weighted by Crippen LogP contribution is -2.29. The first kappa shape index (κ1) is 11.7. The molecule has 1 aliphatic heterocycles. The monoisotopic (exact) mass is 238 g/mol. The fourth-order valence-corrected chi connectivity index (χ4v) is 2.33. The van der Waals surface area contributed by atoms with E-state index in [1.165, 1.54) is 24.1 Å². The summed E-state index contributed by atoms with van der Waals surface area (Å²) >= 11 is 6.00. The second-order valence-electron chi connectivity index (χ2n) is 4.77. The normalized spacial score (nSPS) is 19.4. The van der Waals surface area contributed by atoms with Crippen LogP contribution in [0.3, 0.4) is 0 Å². The minimum Gasteiger partial charge on any atom is -0.382 e. The maximum Gasteiger partial charge on any atom is 0.0426 e. The van der Waals surface area contributed by atoms with Gasteiger partial charge in [-0.15, -0.1) is 0 Å². The zero-order valence-corrected chi connectivity index (χ0v) is 10.7. The third kappa shape index (κ3) is 2.89. The topological polar surface area (TPSA) is 15.3 Å². The second-order valence-corrected chi connectivity index (χ2v) is 5.21. The Morgan fingerprint density at radius 3 is 3.00 bits per heavy atom. The first-order valence-corrected chi connectivity index (χ1v) is 6.22. The maximum absolute atomic E-state index is 6.00. The van der Waals surface area contributed by atoms with Crippen LogP contribution in [-0.2, 0) is 6.42 Å². The van der Waals surface area contributed by atoms with Gasteiger partial charge in [0.1, 0.15) is 0 Å². The fraction of sp³-hybridized carbons (Fsp3) is 0.538. The molecule has 3 heteroatoms. The van der Waals surface area contributed by atoms with Crippen molar-refractivity contribution < 1.29 is 0 Å². The van der Waals surface area contributed by atoms with Crippen LogP contribution in [0.4, 0.5) is 5.69 Å². The Balaban J connectivity index is 1.99. The number of hydrogen-bond donors (Lipinski definition) is 1. The van der Waals surface area contributed by atoms with Gasteiger partial charge in [-0.05, 0) is 57.6 Å². The lowest BCUT2D eigenvalue weighted by Gasteiger charge is -2.28. The Bertz CT molecular complexity index is 363. The highest BCUT2D eigenvalue weighted by Gasteiger charge is 2.17. The molecular weight excluding hydrogens is 220 g/mol. The Labute approximate surface area is 103 Å². The van der Waals surface area contributed by atoms with E-state index in [2.05, 4.69) is 30.4 Å². The lowest BCUT2D eigenvalue weighted by molar-refractivity contribution is 0.379. The van der Waals surface area contributed by atoms with Crippen molar-refractivity contribution in [1.29, 1.82) is 0 Å². The van der Waals surface area contributed by atoms with E-state index in [0.717, 1.165) is 18.0 Å². The van der Waals surface area contributed by atoms with Crippen LogP contribution in [0.2, 0.25) is 5.02 Å². The molecule has 2 rings (SSSR count). The molecule has 0 amide bonds. The molecule has 16 heavy (non-hydrogen) atoms. The number of benzene rings is 1. The van der Waals surface area contributed by atoms with Crippen molar-refractivity contribution in [3.8, 4) is 0 Å². The van der Waals surface area contributed by atoms with Gasteiger partial charge in [0.05, 0.1) is 0 Å². The number of aryl methyl sites for hydroxylation is 1. The highest BCUT2D eigenvalue weighted by atomic mass is 35.5. The summed E-state index contributed by atoms with van der Waals surface area (Å²) in [5.74, 6) is 0. The molecule has 1 aliphatic rings. The van der Waals surface area contributed by atoms with Gasteiger partial charge >= 0.3 is 0 Å². The lowest BCUT2D eigenvalue weighted by atomic mass is 9.96. The highest BCUT2D eigenvalue weighted by molar-refractivity contribution is 6.30. The van der Waals surface area contributed by atoms with Crippen LogP contribution in [0.15, 0.2) is 18.2 Å². The molecular formula is C13H19ClN2. The molecule has 0 radical (unpaired) electrons. The zero-order chi connectivity index (χ0) is 11.5. The summed E-state index contributed by atoms with van der Waals surface area (Å²) < 4.78 is 0. The van der Waals surface area contributed by atoms with E-state index < -0.39 is 0 Å². The van der Waals surface area contributed by atoms with Crippen molar-refractivity contribution in [2.75, 3.05) is 26.0 Å². The van der Waals surface area contributed by atoms with Gasteiger partial charge in [0.15, 0.2) is 0 Å². The van der Waals surface area contributed by atoms with E-state index in [1.807, 2.05) is 12.1 Å². The van der Waals surface area contributed by atoms with Crippen molar-refractivity contribution in [2.45, 2.75) is 25.3 Å². The number of rotatable bonds is 3. The molecule has 1 atom stereocenters. The molecule has 1 unspecified atom stereocenters. The molecule has 0 saturated carbocycles. The van der Waals surface area contributed by atoms with Crippen molar-refractivity contribution in [2.24, 2.45) is 0 Å². The van der Waals surface area contributed by atoms with Crippen LogP contribution >= 0.6 is 11.6 Å². The molecule has 0 fully saturated rings. The van der Waals surface area contributed by atoms with E-state index in [0.29, 0.717) is 6.04 Å². The second kappa shape index (κ2) is 5.07. The van der Waals surface area contributed by atoms with Crippen molar-refractivity contribution in [3.63, 3.8) is 0 Å². The SMILES string of the molecule is CN(C)CCC1CCc2ccc(Cl)cc2N1. The Kier molecular flexibility index (Phi) is 3.72. The third-order valence-electron chi connectivity index (χ3n) is 3.12. The molecule has 1 aromatic rings. The molecule has 1 N–H and O–H groups in total. The maximum atomic E-state index is 6.00. The van der Waals surface area contributed by atoms with Gasteiger partial charge in [0, 0.05) is 16.8 Å². The van der Waals surface area contributed by atoms with Crippen molar-refractivity contribution in [3.05, 3.63) is 28.8 Å². The minimum absolute atomic E-state index is 0.591. The van der Waals surface area contributed by atoms with Gasteiger partial charge in [-0.3, -0.25) is 0 Å². The summed E-state index contributed by atoms with van der Waals surface area (Å²) in [5, 5.41) is 4.40. The predicted molar refractivity (Wildman–Crippen MR) is 70.4 cm³/mol. The third-order valence-corrected chi connectivity index (χ3v) is 3.35. The number of nitrogens with one attached hydrogen (secondary N) is 1. The van der Waals surface area contributed by atoms with Crippen LogP contribution in [0.5, 0.6) is 0 Å². The average molecular weight is 239 g/mol. The Morgan fingerprint density at radius 2 is 2.25 bits per heavy atom. The van der Waals surface area contributed by atoms with Crippen LogP contribution in [0.1, 0.15) is 18.4 Å². The van der Waals surface area contributed by atoms with Gasteiger partial charge in [-0.1, -0.05) is 17.7 Å². The van der Waals surface area contributed by atoms with E-state index >= 15 is 0 Å². The summed E-state index contributed by atoms with van der Waals surface area (Å²) in [6.07, 6.45) is 3.58. The first-order chi connectivity index (χ1) is 7.65. The molecule has 0 saturated heterocycles. The summed E-state index contributed by atoms with van der Waals surface area (Å²) in [7, 11) is 4.24. The fourth-order valence-electron chi connectivity index (χ4n) is 2.15. The standard InChI is InChI=1S/C13H19ClN2/c1-16(2)8-7-12-6-4-10-3-5-11(14)9-13(10)15-12/h3,5,9,12,15H,4,6-8H2,1-2H3. The van der Waals surface area contributed by atoms with Gasteiger partial charge in [0.2, 0.25) is 0 Å². The molecule has 1 heterocycles. The Hall–Kier alpha value is -0.730. The minimum atomic E-state index is 0.591. The van der Waals surface area contributed by atoms with Crippen molar-refractivity contribution in [1.82, 2.24) is 4.90 Å². The average Bonchev–Trinajstić information content (AvgIpc) is 2.25. The molecule has 1 aromatic carbocycles. The largest absolute Gasteiger partial charge is 0.382 e. The van der Waals surface area contributed by atoms with Crippen LogP contribution in [-0.4, -0.2) is 31.6 Å². The quantitative estimate of drug-likeness (QED) is 0.871. The van der Waals surface area contributed by atoms with Crippen LogP contribution in [0, 0.1) is 0 Å². The molecule has 0 aliphatic carbocycles. The van der Waals surface area contributed by atoms with Crippen molar-refractivity contribution >= 4 is 17.3 Å². The van der Waals surface area contributed by atoms with Gasteiger partial charge in [-0.2, -0.15) is 0 Å². The zero-order valence-electron chi connectivity index (χ0n) is 9.96. The smallest absolute Gasteiger partial charge is 0.0426 e. The van der Waals surface area contributed by atoms with Crippen LogP contribution < -0.4 is 5.32 Å². The van der Waals surface area contributed by atoms with Gasteiger partial charge < -0.3 is 10.2 Å². The van der Waals surface area contributed by atoms with E-state index in [4.69, 9.17) is 11.6 Å². The first-order valence-electron chi connectivity index (χ1n) is 5.85. The Morgan fingerprint density at radius 1 is 1.44 bits per heavy atom. The van der Waals surface area contributed by atoms with E-state index in [1.54, 1.807) is 0 Å². The van der Waals surface area contributed by atoms with Gasteiger partial charge in [0.25, 0.3) is 0 Å². The van der Waals surface area contributed by atoms with Crippen LogP contribution in [0.25, 0.3) is 0 Å². The predicted octanol–water partition coefficient (Wildman–Crippen LogP) is 3.02. The molecule has 2 nitrogen and oxygen atoms in total. The van der Waals surface area contributed by atoms with Gasteiger partial charge in [-0.25, -0.2) is 0 Å². The summed E-state index contributed by atoms with van der Waals surface area (Å²) in [4.78, 5) is 2.23. The highest BCUT2D eigenvalue weighted by Crippen LogP contribution is 2.28. The molecule has 0 aromatic heterocycles. The summed E-state index contributed by atoms with van der Waals surface area (Å²) in [5.41, 5.74) is 2.62. The summed E-state index contributed by atoms with van der Waals surface area (Å²) in [6.45, 7) is 1.13. The summed E-state index contributed by atoms with van der Waals surface area (Å²) in [6, 6.07) is 6.74. The van der Waals surface area contributed by atoms with E-state index in [9.17, 15) is 0 Å². The molecule has 0 bridgehead atoms. The van der Waals surface area contributed by atoms with E-state index in [-0.39, 0.29) is 0 Å². The number of nitrogens with zero attached hydrogens (tertiary/aromatic N) is 1. The molecule has 88 valence electrons. The number of anilines is 1.